The van der Waals surface area contributed by atoms with Crippen LogP contribution in [0.2, 0.25) is 0 Å². The van der Waals surface area contributed by atoms with Crippen LogP contribution >= 0.6 is 0 Å². The average Bonchev–Trinajstić information content (AvgIpc) is 2.66. The molecule has 2 saturated carbocycles. The molecule has 2 rings (SSSR count). The van der Waals surface area contributed by atoms with Gasteiger partial charge < -0.3 is 5.11 Å². The quantitative estimate of drug-likeness (QED) is 0.721. The maximum atomic E-state index is 12.2. The summed E-state index contributed by atoms with van der Waals surface area (Å²) in [6.45, 7) is 6.02. The zero-order valence-electron chi connectivity index (χ0n) is 9.99. The first-order chi connectivity index (χ1) is 6.91. The Labute approximate surface area is 92.1 Å². The van der Waals surface area contributed by atoms with Crippen molar-refractivity contribution in [2.45, 2.75) is 52.6 Å². The van der Waals surface area contributed by atoms with Gasteiger partial charge in [0.2, 0.25) is 0 Å². The molecule has 86 valence electrons. The van der Waals surface area contributed by atoms with Crippen LogP contribution in [0.1, 0.15) is 46.5 Å². The van der Waals surface area contributed by atoms with Crippen LogP contribution in [-0.4, -0.2) is 17.0 Å². The van der Waals surface area contributed by atoms with Gasteiger partial charge in [-0.2, -0.15) is 0 Å². The predicted octanol–water partition coefficient (Wildman–Crippen LogP) is 2.40. The van der Waals surface area contributed by atoms with Crippen LogP contribution in [0, 0.1) is 23.2 Å². The second-order valence-corrected chi connectivity index (χ2v) is 6.27. The molecule has 0 amide bonds. The molecule has 1 N–H and O–H groups in total. The molecule has 2 nitrogen and oxygen atoms in total. The van der Waals surface area contributed by atoms with Gasteiger partial charge in [0, 0.05) is 11.3 Å². The highest BCUT2D eigenvalue weighted by Crippen LogP contribution is 2.49. The van der Waals surface area contributed by atoms with E-state index in [4.69, 9.17) is 0 Å². The normalized spacial score (nSPS) is 40.5. The lowest BCUT2D eigenvalue weighted by atomic mass is 9.77. The van der Waals surface area contributed by atoms with E-state index in [-0.39, 0.29) is 17.4 Å². The van der Waals surface area contributed by atoms with Gasteiger partial charge in [0.25, 0.3) is 0 Å². The molecule has 0 heterocycles. The second kappa shape index (κ2) is 3.58. The van der Waals surface area contributed by atoms with Crippen molar-refractivity contribution >= 4 is 5.78 Å². The van der Waals surface area contributed by atoms with Crippen LogP contribution in [0.25, 0.3) is 0 Å². The number of hydrogen-bond acceptors (Lipinski definition) is 2. The lowest BCUT2D eigenvalue weighted by Gasteiger charge is -2.25. The summed E-state index contributed by atoms with van der Waals surface area (Å²) in [6.07, 6.45) is 3.88. The summed E-state index contributed by atoms with van der Waals surface area (Å²) in [6, 6.07) is 0. The molecule has 0 saturated heterocycles. The van der Waals surface area contributed by atoms with E-state index in [0.29, 0.717) is 17.6 Å². The van der Waals surface area contributed by atoms with Gasteiger partial charge in [-0.05, 0) is 37.5 Å². The van der Waals surface area contributed by atoms with Gasteiger partial charge in [0.05, 0.1) is 6.10 Å². The van der Waals surface area contributed by atoms with E-state index in [1.54, 1.807) is 0 Å². The fraction of sp³-hybridized carbons (Fsp3) is 0.923. The Kier molecular flexibility index (Phi) is 2.66. The number of ketones is 1. The molecule has 2 aliphatic rings. The Morgan fingerprint density at radius 2 is 1.67 bits per heavy atom. The first-order valence-corrected chi connectivity index (χ1v) is 6.13. The Bertz CT molecular complexity index is 264. The second-order valence-electron chi connectivity index (χ2n) is 6.27. The van der Waals surface area contributed by atoms with Crippen molar-refractivity contribution in [2.24, 2.45) is 23.2 Å². The van der Waals surface area contributed by atoms with Crippen LogP contribution in [0.4, 0.5) is 0 Å². The van der Waals surface area contributed by atoms with Gasteiger partial charge in [0.1, 0.15) is 5.78 Å². The number of Topliss-reactive ketones (excluding diaryl/α,β-unsaturated/α-hetero) is 1. The van der Waals surface area contributed by atoms with Crippen molar-refractivity contribution in [3.63, 3.8) is 0 Å². The number of carbonyl (C=O) groups is 1. The number of rotatable bonds is 1. The van der Waals surface area contributed by atoms with E-state index >= 15 is 0 Å². The number of aliphatic hydroxyl groups is 1. The van der Waals surface area contributed by atoms with Crippen molar-refractivity contribution in [1.29, 1.82) is 0 Å². The standard InChI is InChI=1S/C13H22O2/c1-13(2,3)12(15)10-5-4-9-8(10)6-7-11(9)14/h8-11,14H,4-7H2,1-3H3/t8-,9-,10+,11+/m1/s1. The van der Waals surface area contributed by atoms with Gasteiger partial charge in [-0.3, -0.25) is 4.79 Å². The van der Waals surface area contributed by atoms with Gasteiger partial charge in [-0.25, -0.2) is 0 Å². The Hall–Kier alpha value is -0.370. The van der Waals surface area contributed by atoms with Gasteiger partial charge in [0.15, 0.2) is 0 Å². The first-order valence-electron chi connectivity index (χ1n) is 6.13. The summed E-state index contributed by atoms with van der Waals surface area (Å²) in [7, 11) is 0. The zero-order chi connectivity index (χ0) is 11.2. The highest BCUT2D eigenvalue weighted by molar-refractivity contribution is 5.86. The monoisotopic (exact) mass is 210 g/mol. The molecule has 4 atom stereocenters. The van der Waals surface area contributed by atoms with Crippen molar-refractivity contribution in [1.82, 2.24) is 0 Å². The summed E-state index contributed by atoms with van der Waals surface area (Å²) < 4.78 is 0. The smallest absolute Gasteiger partial charge is 0.141 e. The lowest BCUT2D eigenvalue weighted by molar-refractivity contribution is -0.131. The molecule has 0 unspecified atom stereocenters. The molecule has 0 spiro atoms. The lowest BCUT2D eigenvalue weighted by Crippen LogP contribution is -2.31. The van der Waals surface area contributed by atoms with Gasteiger partial charge in [-0.15, -0.1) is 0 Å². The third-order valence-corrected chi connectivity index (χ3v) is 4.24. The van der Waals surface area contributed by atoms with Crippen molar-refractivity contribution in [3.05, 3.63) is 0 Å². The molecule has 0 aromatic carbocycles. The number of aliphatic hydroxyl groups excluding tert-OH is 1. The molecule has 0 radical (unpaired) electrons. The Balaban J connectivity index is 2.10. The molecular formula is C13H22O2. The molecule has 2 aliphatic carbocycles. The minimum absolute atomic E-state index is 0.132. The van der Waals surface area contributed by atoms with E-state index in [2.05, 4.69) is 0 Å². The molecule has 0 aromatic heterocycles. The van der Waals surface area contributed by atoms with Crippen LogP contribution in [0.15, 0.2) is 0 Å². The van der Waals surface area contributed by atoms with Crippen LogP contribution in [0.5, 0.6) is 0 Å². The third kappa shape index (κ3) is 1.84. The van der Waals surface area contributed by atoms with E-state index in [1.807, 2.05) is 20.8 Å². The summed E-state index contributed by atoms with van der Waals surface area (Å²) in [4.78, 5) is 12.2. The molecule has 0 aliphatic heterocycles. The Morgan fingerprint density at radius 3 is 2.27 bits per heavy atom. The number of hydrogen-bond donors (Lipinski definition) is 1. The van der Waals surface area contributed by atoms with Crippen molar-refractivity contribution < 1.29 is 9.90 Å². The van der Waals surface area contributed by atoms with Crippen LogP contribution < -0.4 is 0 Å². The summed E-state index contributed by atoms with van der Waals surface area (Å²) in [5, 5.41) is 9.79. The highest BCUT2D eigenvalue weighted by atomic mass is 16.3. The fourth-order valence-corrected chi connectivity index (χ4v) is 3.45. The van der Waals surface area contributed by atoms with Crippen LogP contribution in [0.3, 0.4) is 0 Å². The minimum atomic E-state index is -0.215. The topological polar surface area (TPSA) is 37.3 Å². The van der Waals surface area contributed by atoms with Crippen molar-refractivity contribution in [3.8, 4) is 0 Å². The van der Waals surface area contributed by atoms with Crippen LogP contribution in [-0.2, 0) is 4.79 Å². The summed E-state index contributed by atoms with van der Waals surface area (Å²) in [5.41, 5.74) is -0.215. The van der Waals surface area contributed by atoms with E-state index < -0.39 is 0 Å². The number of carbonyl (C=O) groups excluding carboxylic acids is 1. The van der Waals surface area contributed by atoms with E-state index in [9.17, 15) is 9.90 Å². The molecule has 2 heteroatoms. The largest absolute Gasteiger partial charge is 0.393 e. The SMILES string of the molecule is CC(C)(C)C(=O)[C@H]1CC[C@@H]2[C@H]1CC[C@@H]2O. The van der Waals surface area contributed by atoms with Crippen molar-refractivity contribution in [2.75, 3.05) is 0 Å². The predicted molar refractivity (Wildman–Crippen MR) is 59.4 cm³/mol. The third-order valence-electron chi connectivity index (χ3n) is 4.24. The Morgan fingerprint density at radius 1 is 1.07 bits per heavy atom. The zero-order valence-corrected chi connectivity index (χ0v) is 9.99. The maximum Gasteiger partial charge on any atom is 0.141 e. The average molecular weight is 210 g/mol. The molecular weight excluding hydrogens is 188 g/mol. The molecule has 0 aromatic rings. The fourth-order valence-electron chi connectivity index (χ4n) is 3.45. The molecule has 0 bridgehead atoms. The molecule has 15 heavy (non-hydrogen) atoms. The maximum absolute atomic E-state index is 12.2. The minimum Gasteiger partial charge on any atom is -0.393 e. The van der Waals surface area contributed by atoms with E-state index in [1.165, 1.54) is 0 Å². The number of fused-ring (bicyclic) bond motifs is 1. The van der Waals surface area contributed by atoms with E-state index in [0.717, 1.165) is 25.7 Å². The summed E-state index contributed by atoms with van der Waals surface area (Å²) in [5.74, 6) is 1.53. The molecule has 2 fully saturated rings. The van der Waals surface area contributed by atoms with Gasteiger partial charge in [-0.1, -0.05) is 20.8 Å². The summed E-state index contributed by atoms with van der Waals surface area (Å²) >= 11 is 0. The highest BCUT2D eigenvalue weighted by Gasteiger charge is 2.48. The van der Waals surface area contributed by atoms with Gasteiger partial charge >= 0.3 is 0 Å². The first kappa shape index (κ1) is 11.1.